The number of hydrogen-bond acceptors (Lipinski definition) is 8. The first-order valence-electron chi connectivity index (χ1n) is 4.82. The molecule has 22 heavy (non-hydrogen) atoms. The van der Waals surface area contributed by atoms with Crippen molar-refractivity contribution < 1.29 is 76.3 Å². The van der Waals surface area contributed by atoms with E-state index in [1.54, 1.807) is 6.08 Å². The minimum Gasteiger partial charge on any atom is -1.00 e. The molecule has 0 bridgehead atoms. The standard InChI is InChI=1S/C5H10O3S.3BFH2O2.Li.H/c1-2-3-4-5-9(6,7)8;3*2-1(3)4;;/h2H,1,3-5H2,(H,6,7,8);3*3-4H;;/q;;;;+1;-1. The summed E-state index contributed by atoms with van der Waals surface area (Å²) in [6.07, 6.45) is 2.69. The van der Waals surface area contributed by atoms with E-state index in [0.29, 0.717) is 12.8 Å². The van der Waals surface area contributed by atoms with E-state index >= 15 is 0 Å². The minimum absolute atomic E-state index is 0. The van der Waals surface area contributed by atoms with Crippen LogP contribution in [0.25, 0.3) is 0 Å². The zero-order chi connectivity index (χ0) is 18.1. The van der Waals surface area contributed by atoms with Crippen LogP contribution in [0.5, 0.6) is 0 Å². The normalized spacial score (nSPS) is 8.27. The van der Waals surface area contributed by atoms with Crippen LogP contribution in [0.15, 0.2) is 12.7 Å². The van der Waals surface area contributed by atoms with Gasteiger partial charge in [-0.05, 0) is 12.8 Å². The molecular formula is C5H17B3F3LiO9S. The van der Waals surface area contributed by atoms with Crippen LogP contribution < -0.4 is 18.9 Å². The molecule has 0 radical (unpaired) electrons. The van der Waals surface area contributed by atoms with Crippen LogP contribution in [0.3, 0.4) is 0 Å². The van der Waals surface area contributed by atoms with Crippen molar-refractivity contribution in [2.45, 2.75) is 12.8 Å². The number of allylic oxidation sites excluding steroid dienone is 1. The summed E-state index contributed by atoms with van der Waals surface area (Å²) in [5.41, 5.74) is 0. The van der Waals surface area contributed by atoms with Gasteiger partial charge in [0.15, 0.2) is 0 Å². The Morgan fingerprint density at radius 1 is 0.955 bits per heavy atom. The first-order chi connectivity index (χ1) is 9.26. The van der Waals surface area contributed by atoms with Crippen molar-refractivity contribution in [3.05, 3.63) is 12.7 Å². The van der Waals surface area contributed by atoms with Gasteiger partial charge in [-0.1, -0.05) is 6.08 Å². The van der Waals surface area contributed by atoms with Crippen LogP contribution in [-0.2, 0) is 10.1 Å². The summed E-state index contributed by atoms with van der Waals surface area (Å²) >= 11 is 0. The first-order valence-corrected chi connectivity index (χ1v) is 6.43. The molecule has 0 fully saturated rings. The molecule has 0 aromatic carbocycles. The molecule has 7 N–H and O–H groups in total. The van der Waals surface area contributed by atoms with Crippen LogP contribution in [0, 0.1) is 0 Å². The van der Waals surface area contributed by atoms with E-state index in [1.165, 1.54) is 0 Å². The van der Waals surface area contributed by atoms with Gasteiger partial charge in [0.2, 0.25) is 0 Å². The fourth-order valence-corrected chi connectivity index (χ4v) is 0.942. The van der Waals surface area contributed by atoms with E-state index in [4.69, 9.17) is 34.7 Å². The van der Waals surface area contributed by atoms with Gasteiger partial charge in [-0.15, -0.1) is 6.58 Å². The SMILES string of the molecule is C=CCCCS(=O)(=O)O.OB(O)F.OB(O)F.OB(O)F.[H-].[Li+]. The summed E-state index contributed by atoms with van der Waals surface area (Å²) in [5, 5.41) is 41.7. The molecule has 0 spiro atoms. The Bertz CT molecular complexity index is 292. The van der Waals surface area contributed by atoms with Gasteiger partial charge in [0.05, 0.1) is 5.75 Å². The molecule has 9 nitrogen and oxygen atoms in total. The van der Waals surface area contributed by atoms with E-state index in [2.05, 4.69) is 6.58 Å². The van der Waals surface area contributed by atoms with Crippen molar-refractivity contribution in [3.8, 4) is 0 Å². The zero-order valence-electron chi connectivity index (χ0n) is 12.6. The predicted octanol–water partition coefficient (Wildman–Crippen LogP) is -5.27. The minimum atomic E-state index is -3.74. The monoisotopic (exact) mass is 350 g/mol. The largest absolute Gasteiger partial charge is 1.00 e. The molecule has 0 aliphatic heterocycles. The molecule has 0 saturated heterocycles. The molecular weight excluding hydrogens is 332 g/mol. The Morgan fingerprint density at radius 2 is 1.18 bits per heavy atom. The third-order valence-electron chi connectivity index (χ3n) is 0.811. The Labute approximate surface area is 140 Å². The smallest absolute Gasteiger partial charge is 1.00 e. The molecule has 17 heteroatoms. The van der Waals surface area contributed by atoms with Crippen LogP contribution in [-0.4, -0.2) is 71.1 Å². The van der Waals surface area contributed by atoms with Crippen LogP contribution >= 0.6 is 0 Å². The number of unbranched alkanes of at least 4 members (excludes halogenated alkanes) is 1. The van der Waals surface area contributed by atoms with E-state index in [1.807, 2.05) is 0 Å². The molecule has 0 aliphatic carbocycles. The van der Waals surface area contributed by atoms with Crippen molar-refractivity contribution in [1.82, 2.24) is 0 Å². The van der Waals surface area contributed by atoms with E-state index in [9.17, 15) is 21.4 Å². The second-order valence-electron chi connectivity index (χ2n) is 2.65. The van der Waals surface area contributed by atoms with Gasteiger partial charge in [0.25, 0.3) is 10.1 Å². The van der Waals surface area contributed by atoms with Gasteiger partial charge >= 0.3 is 41.0 Å². The first kappa shape index (κ1) is 33.6. The summed E-state index contributed by atoms with van der Waals surface area (Å²) in [6.45, 7) is 3.40. The second-order valence-corrected chi connectivity index (χ2v) is 4.22. The number of hydrogen-bond donors (Lipinski definition) is 7. The van der Waals surface area contributed by atoms with E-state index < -0.39 is 32.3 Å². The van der Waals surface area contributed by atoms with Gasteiger partial charge in [-0.25, -0.2) is 0 Å². The number of rotatable bonds is 4. The number of halogens is 3. The predicted molar refractivity (Wildman–Crippen MR) is 70.9 cm³/mol. The molecule has 0 saturated carbocycles. The summed E-state index contributed by atoms with van der Waals surface area (Å²) in [6, 6.07) is 0. The van der Waals surface area contributed by atoms with E-state index in [0.717, 1.165) is 0 Å². The van der Waals surface area contributed by atoms with Crippen molar-refractivity contribution in [2.75, 3.05) is 5.75 Å². The topological polar surface area (TPSA) is 176 Å². The molecule has 0 aliphatic rings. The van der Waals surface area contributed by atoms with Gasteiger partial charge in [-0.3, -0.25) is 17.5 Å². The third kappa shape index (κ3) is 201. The molecule has 0 unspecified atom stereocenters. The molecule has 0 heterocycles. The molecule has 0 rings (SSSR count). The Balaban J connectivity index is -0.0000000444. The fraction of sp³-hybridized carbons (Fsp3) is 0.600. The Hall–Kier alpha value is -0.00779. The second kappa shape index (κ2) is 23.3. The summed E-state index contributed by atoms with van der Waals surface area (Å²) in [4.78, 5) is 0. The molecule has 0 aromatic rings. The average Bonchev–Trinajstić information content (AvgIpc) is 2.12. The average molecular weight is 350 g/mol. The van der Waals surface area contributed by atoms with Gasteiger partial charge < -0.3 is 31.6 Å². The summed E-state index contributed by atoms with van der Waals surface area (Å²) in [5.74, 6) is -0.168. The molecule has 128 valence electrons. The maximum atomic E-state index is 10.1. The van der Waals surface area contributed by atoms with Crippen LogP contribution in [0.4, 0.5) is 12.9 Å². The van der Waals surface area contributed by atoms with Gasteiger partial charge in [0.1, 0.15) is 0 Å². The summed E-state index contributed by atoms with van der Waals surface area (Å²) in [7, 11) is -11.7. The maximum Gasteiger partial charge on any atom is 1.00 e. The maximum absolute atomic E-state index is 10.1. The molecule has 0 amide bonds. The third-order valence-corrected chi connectivity index (χ3v) is 1.62. The van der Waals surface area contributed by atoms with Crippen molar-refractivity contribution in [2.24, 2.45) is 0 Å². The van der Waals surface area contributed by atoms with Gasteiger partial charge in [-0.2, -0.15) is 8.42 Å². The fourth-order valence-electron chi connectivity index (χ4n) is 0.410. The van der Waals surface area contributed by atoms with Crippen LogP contribution in [0.1, 0.15) is 14.3 Å². The molecule has 0 atom stereocenters. The zero-order valence-corrected chi connectivity index (χ0v) is 12.4. The van der Waals surface area contributed by atoms with Crippen LogP contribution in [0.2, 0.25) is 0 Å². The van der Waals surface area contributed by atoms with E-state index in [-0.39, 0.29) is 26.0 Å². The van der Waals surface area contributed by atoms with Crippen molar-refractivity contribution in [1.29, 1.82) is 0 Å². The quantitative estimate of drug-likeness (QED) is 0.113. The van der Waals surface area contributed by atoms with Crippen molar-refractivity contribution in [3.63, 3.8) is 0 Å². The Kier molecular flexibility index (Phi) is 35.5. The summed E-state index contributed by atoms with van der Waals surface area (Å²) < 4.78 is 58.6. The van der Waals surface area contributed by atoms with Gasteiger partial charge in [0, 0.05) is 0 Å². The van der Waals surface area contributed by atoms with Crippen molar-refractivity contribution >= 4 is 32.3 Å². The Morgan fingerprint density at radius 3 is 1.32 bits per heavy atom. The molecule has 0 aromatic heterocycles.